The molecule has 0 aliphatic carbocycles. The molecule has 2 rings (SSSR count). The molecule has 0 saturated carbocycles. The zero-order valence-corrected chi connectivity index (χ0v) is 22.9. The summed E-state index contributed by atoms with van der Waals surface area (Å²) in [5.74, 6) is -0.255. The van der Waals surface area contributed by atoms with Crippen molar-refractivity contribution in [2.45, 2.75) is 40.2 Å². The second-order valence-electron chi connectivity index (χ2n) is 9.52. The summed E-state index contributed by atoms with van der Waals surface area (Å²) in [5.41, 5.74) is 2.08. The second-order valence-corrected chi connectivity index (χ2v) is 9.52. The maximum absolute atomic E-state index is 12.4. The van der Waals surface area contributed by atoms with Crippen LogP contribution in [0.2, 0.25) is 0 Å². The predicted molar refractivity (Wildman–Crippen MR) is 146 cm³/mol. The molecule has 1 aromatic carbocycles. The van der Waals surface area contributed by atoms with Crippen LogP contribution < -0.4 is 21.3 Å². The van der Waals surface area contributed by atoms with Crippen LogP contribution in [0.15, 0.2) is 24.4 Å². The lowest BCUT2D eigenvalue weighted by Crippen LogP contribution is -2.38. The second kappa shape index (κ2) is 16.1. The number of carbonyl (C=O) groups excluding carboxylic acids is 2. The first-order chi connectivity index (χ1) is 17.7. The Hall–Kier alpha value is -2.86. The van der Waals surface area contributed by atoms with Crippen LogP contribution >= 0.6 is 0 Å². The zero-order valence-electron chi connectivity index (χ0n) is 22.9. The molecule has 0 radical (unpaired) electrons. The van der Waals surface area contributed by atoms with E-state index in [4.69, 9.17) is 9.47 Å². The van der Waals surface area contributed by atoms with Gasteiger partial charge in [0.25, 0.3) is 5.91 Å². The molecule has 37 heavy (non-hydrogen) atoms. The molecule has 0 spiro atoms. The van der Waals surface area contributed by atoms with Crippen LogP contribution in [0.3, 0.4) is 0 Å². The van der Waals surface area contributed by atoms with Gasteiger partial charge in [-0.2, -0.15) is 0 Å². The largest absolute Gasteiger partial charge is 0.378 e. The highest BCUT2D eigenvalue weighted by Gasteiger charge is 2.11. The van der Waals surface area contributed by atoms with Gasteiger partial charge in [0.2, 0.25) is 0 Å². The van der Waals surface area contributed by atoms with Gasteiger partial charge in [0.1, 0.15) is 5.69 Å². The smallest absolute Gasteiger partial charge is 0.319 e. The van der Waals surface area contributed by atoms with E-state index in [1.165, 1.54) is 6.20 Å². The molecule has 4 N–H and O–H groups in total. The first-order valence-corrected chi connectivity index (χ1v) is 12.9. The molecule has 0 saturated heterocycles. The number of hydrogen-bond acceptors (Lipinski definition) is 8. The third kappa shape index (κ3) is 12.3. The fourth-order valence-electron chi connectivity index (χ4n) is 3.39. The Morgan fingerprint density at radius 1 is 0.919 bits per heavy atom. The summed E-state index contributed by atoms with van der Waals surface area (Å²) < 4.78 is 11.0. The van der Waals surface area contributed by atoms with E-state index >= 15 is 0 Å². The predicted octanol–water partition coefficient (Wildman–Crippen LogP) is 2.24. The minimum atomic E-state index is -0.343. The number of hydrogen-bond donors (Lipinski definition) is 4. The van der Waals surface area contributed by atoms with E-state index < -0.39 is 0 Å². The number of likely N-dealkylation sites (N-methyl/N-ethyl adjacent to an activating group) is 1. The molecule has 3 amide bonds. The minimum Gasteiger partial charge on any atom is -0.378 e. The molecule has 0 aliphatic heterocycles. The van der Waals surface area contributed by atoms with Crippen molar-refractivity contribution in [2.24, 2.45) is 0 Å². The first-order valence-electron chi connectivity index (χ1n) is 12.9. The molecule has 11 heteroatoms. The molecule has 206 valence electrons. The van der Waals surface area contributed by atoms with Crippen LogP contribution in [0.1, 0.15) is 45.1 Å². The van der Waals surface area contributed by atoms with Gasteiger partial charge in [0.05, 0.1) is 43.7 Å². The van der Waals surface area contributed by atoms with Crippen LogP contribution in [0.25, 0.3) is 11.0 Å². The lowest BCUT2D eigenvalue weighted by Gasteiger charge is -2.20. The van der Waals surface area contributed by atoms with Crippen LogP contribution in [-0.4, -0.2) is 98.0 Å². The van der Waals surface area contributed by atoms with Gasteiger partial charge in [0, 0.05) is 37.4 Å². The van der Waals surface area contributed by atoms with Gasteiger partial charge in [-0.05, 0) is 52.1 Å². The number of anilines is 1. The van der Waals surface area contributed by atoms with Gasteiger partial charge >= 0.3 is 6.03 Å². The van der Waals surface area contributed by atoms with E-state index in [1.54, 1.807) is 18.2 Å². The Bertz CT molecular complexity index is 977. The highest BCUT2D eigenvalue weighted by atomic mass is 16.5. The SMILES string of the molecule is CCN(CC)CCNC(=O)c1cnc2cc(NC(=O)NCCOCCOCCNC(C)(C)C)ccc2n1. The molecule has 0 fully saturated rings. The normalized spacial score (nSPS) is 11.6. The number of benzene rings is 1. The van der Waals surface area contributed by atoms with Crippen molar-refractivity contribution < 1.29 is 19.1 Å². The number of fused-ring (bicyclic) bond motifs is 1. The van der Waals surface area contributed by atoms with E-state index in [2.05, 4.69) is 70.8 Å². The number of rotatable bonds is 16. The topological polar surface area (TPSA) is 130 Å². The average Bonchev–Trinajstić information content (AvgIpc) is 2.86. The number of urea groups is 1. The number of carbonyl (C=O) groups is 2. The van der Waals surface area contributed by atoms with Crippen molar-refractivity contribution in [3.8, 4) is 0 Å². The van der Waals surface area contributed by atoms with E-state index in [0.717, 1.165) is 26.2 Å². The molecule has 1 aromatic heterocycles. The van der Waals surface area contributed by atoms with Crippen molar-refractivity contribution in [2.75, 3.05) is 71.0 Å². The van der Waals surface area contributed by atoms with Crippen molar-refractivity contribution >= 4 is 28.7 Å². The van der Waals surface area contributed by atoms with E-state index in [-0.39, 0.29) is 23.2 Å². The summed E-state index contributed by atoms with van der Waals surface area (Å²) in [6, 6.07) is 4.82. The monoisotopic (exact) mass is 517 g/mol. The summed E-state index contributed by atoms with van der Waals surface area (Å²) in [4.78, 5) is 35.5. The van der Waals surface area contributed by atoms with Gasteiger partial charge in [-0.1, -0.05) is 13.8 Å². The molecule has 0 atom stereocenters. The van der Waals surface area contributed by atoms with Crippen LogP contribution in [-0.2, 0) is 9.47 Å². The van der Waals surface area contributed by atoms with Gasteiger partial charge in [0.15, 0.2) is 0 Å². The molecule has 0 bridgehead atoms. The third-order valence-electron chi connectivity index (χ3n) is 5.45. The Morgan fingerprint density at radius 3 is 2.30 bits per heavy atom. The van der Waals surface area contributed by atoms with Gasteiger partial charge in [-0.3, -0.25) is 9.78 Å². The molecule has 11 nitrogen and oxygen atoms in total. The van der Waals surface area contributed by atoms with Crippen LogP contribution in [0.4, 0.5) is 10.5 Å². The summed E-state index contributed by atoms with van der Waals surface area (Å²) in [5, 5.41) is 11.7. The first kappa shape index (κ1) is 30.4. The molecular weight excluding hydrogens is 474 g/mol. The lowest BCUT2D eigenvalue weighted by molar-refractivity contribution is 0.0491. The van der Waals surface area contributed by atoms with Gasteiger partial charge in [-0.25, -0.2) is 9.78 Å². The van der Waals surface area contributed by atoms with Crippen molar-refractivity contribution in [1.29, 1.82) is 0 Å². The van der Waals surface area contributed by atoms with Crippen molar-refractivity contribution in [3.63, 3.8) is 0 Å². The summed E-state index contributed by atoms with van der Waals surface area (Å²) in [7, 11) is 0. The Balaban J connectivity index is 1.67. The minimum absolute atomic E-state index is 0.0822. The highest BCUT2D eigenvalue weighted by Crippen LogP contribution is 2.16. The van der Waals surface area contributed by atoms with Gasteiger partial charge in [-0.15, -0.1) is 0 Å². The zero-order chi connectivity index (χ0) is 27.1. The van der Waals surface area contributed by atoms with Gasteiger partial charge < -0.3 is 35.6 Å². The number of ether oxygens (including phenoxy) is 2. The number of aromatic nitrogens is 2. The highest BCUT2D eigenvalue weighted by molar-refractivity contribution is 5.95. The number of amides is 3. The molecule has 0 unspecified atom stereocenters. The molecule has 0 aliphatic rings. The maximum Gasteiger partial charge on any atom is 0.319 e. The summed E-state index contributed by atoms with van der Waals surface area (Å²) in [6.07, 6.45) is 1.45. The average molecular weight is 518 g/mol. The number of nitrogens with zero attached hydrogens (tertiary/aromatic N) is 3. The lowest BCUT2D eigenvalue weighted by atomic mass is 10.1. The van der Waals surface area contributed by atoms with E-state index in [1.807, 2.05) is 0 Å². The molecular formula is C26H43N7O4. The van der Waals surface area contributed by atoms with Crippen molar-refractivity contribution in [1.82, 2.24) is 30.8 Å². The quantitative estimate of drug-likeness (QED) is 0.250. The molecule has 2 aromatic rings. The maximum atomic E-state index is 12.4. The van der Waals surface area contributed by atoms with Crippen LogP contribution in [0.5, 0.6) is 0 Å². The van der Waals surface area contributed by atoms with Crippen molar-refractivity contribution in [3.05, 3.63) is 30.1 Å². The number of nitrogens with one attached hydrogen (secondary N) is 4. The molecule has 1 heterocycles. The fourth-order valence-corrected chi connectivity index (χ4v) is 3.39. The fraction of sp³-hybridized carbons (Fsp3) is 0.615. The Labute approximate surface area is 220 Å². The van der Waals surface area contributed by atoms with Crippen LogP contribution in [0, 0.1) is 0 Å². The Kier molecular flexibility index (Phi) is 13.2. The summed E-state index contributed by atoms with van der Waals surface area (Å²) >= 11 is 0. The van der Waals surface area contributed by atoms with E-state index in [9.17, 15) is 9.59 Å². The standard InChI is InChI=1S/C26H43N7O4/c1-6-33(7-2)13-10-27-24(34)23-19-29-22-18-20(8-9-21(22)32-23)31-25(35)28-11-14-36-16-17-37-15-12-30-26(3,4)5/h8-9,18-19,30H,6-7,10-17H2,1-5H3,(H,27,34)(H2,28,31,35). The Morgan fingerprint density at radius 2 is 1.62 bits per heavy atom. The third-order valence-corrected chi connectivity index (χ3v) is 5.45. The summed E-state index contributed by atoms with van der Waals surface area (Å²) in [6.45, 7) is 16.9. The van der Waals surface area contributed by atoms with E-state index in [0.29, 0.717) is 56.2 Å².